The number of para-hydroxylation sites is 1. The lowest BCUT2D eigenvalue weighted by molar-refractivity contribution is -0.137. The molecule has 0 aliphatic rings. The summed E-state index contributed by atoms with van der Waals surface area (Å²) in [5.41, 5.74) is 7.44. The molecule has 0 amide bonds. The molecule has 2 N–H and O–H groups in total. The molecule has 0 unspecified atom stereocenters. The fraction of sp³-hybridized carbons (Fsp3) is 0.200. The zero-order valence-electron chi connectivity index (χ0n) is 11.3. The molecule has 0 atom stereocenters. The summed E-state index contributed by atoms with van der Waals surface area (Å²) in [6, 6.07) is 11.1. The third kappa shape index (κ3) is 3.39. The highest BCUT2D eigenvalue weighted by atomic mass is 79.9. The van der Waals surface area contributed by atoms with Crippen LogP contribution in [0.1, 0.15) is 11.1 Å². The van der Waals surface area contributed by atoms with Gasteiger partial charge < -0.3 is 10.6 Å². The van der Waals surface area contributed by atoms with Gasteiger partial charge in [-0.25, -0.2) is 0 Å². The normalized spacial score (nSPS) is 11.5. The molecule has 0 saturated heterocycles. The van der Waals surface area contributed by atoms with E-state index in [1.54, 1.807) is 7.05 Å². The lowest BCUT2D eigenvalue weighted by Crippen LogP contribution is -2.14. The number of benzene rings is 2. The third-order valence-corrected chi connectivity index (χ3v) is 3.84. The molecule has 0 aliphatic heterocycles. The van der Waals surface area contributed by atoms with Crippen molar-refractivity contribution < 1.29 is 13.2 Å². The van der Waals surface area contributed by atoms with Crippen molar-refractivity contribution in [3.05, 3.63) is 58.1 Å². The molecule has 0 fully saturated rings. The lowest BCUT2D eigenvalue weighted by atomic mass is 10.1. The zero-order chi connectivity index (χ0) is 15.6. The van der Waals surface area contributed by atoms with E-state index in [0.29, 0.717) is 16.7 Å². The Labute approximate surface area is 129 Å². The van der Waals surface area contributed by atoms with E-state index >= 15 is 0 Å². The molecule has 0 saturated carbocycles. The predicted octanol–water partition coefficient (Wildman–Crippen LogP) is 4.69. The van der Waals surface area contributed by atoms with Gasteiger partial charge in [-0.1, -0.05) is 18.2 Å². The summed E-state index contributed by atoms with van der Waals surface area (Å²) in [4.78, 5) is 1.81. The minimum Gasteiger partial charge on any atom is -0.343 e. The maximum Gasteiger partial charge on any atom is 0.416 e. The van der Waals surface area contributed by atoms with Crippen LogP contribution in [0.15, 0.2) is 46.9 Å². The van der Waals surface area contributed by atoms with Crippen LogP contribution in [0.25, 0.3) is 0 Å². The topological polar surface area (TPSA) is 29.3 Å². The molecule has 2 nitrogen and oxygen atoms in total. The molecule has 0 heterocycles. The molecule has 2 rings (SSSR count). The van der Waals surface area contributed by atoms with Crippen LogP contribution in [0.5, 0.6) is 0 Å². The van der Waals surface area contributed by atoms with Gasteiger partial charge in [0.15, 0.2) is 0 Å². The van der Waals surface area contributed by atoms with Crippen molar-refractivity contribution in [2.75, 3.05) is 11.9 Å². The Morgan fingerprint density at radius 2 is 1.76 bits per heavy atom. The number of anilines is 2. The maximum absolute atomic E-state index is 12.7. The van der Waals surface area contributed by atoms with Crippen molar-refractivity contribution in [1.29, 1.82) is 0 Å². The summed E-state index contributed by atoms with van der Waals surface area (Å²) in [7, 11) is 1.79. The molecule has 0 aromatic heterocycles. The molecule has 21 heavy (non-hydrogen) atoms. The summed E-state index contributed by atoms with van der Waals surface area (Å²) in [5.74, 6) is 0. The van der Waals surface area contributed by atoms with Gasteiger partial charge in [0.2, 0.25) is 0 Å². The van der Waals surface area contributed by atoms with Crippen molar-refractivity contribution in [2.24, 2.45) is 5.73 Å². The average molecular weight is 359 g/mol. The molecular formula is C15H14BrF3N2. The Balaban J connectivity index is 2.42. The quantitative estimate of drug-likeness (QED) is 0.861. The summed E-state index contributed by atoms with van der Waals surface area (Å²) >= 11 is 3.21. The van der Waals surface area contributed by atoms with Crippen molar-refractivity contribution >= 4 is 27.3 Å². The maximum atomic E-state index is 12.7. The first kappa shape index (κ1) is 15.9. The Morgan fingerprint density at radius 3 is 2.33 bits per heavy atom. The summed E-state index contributed by atoms with van der Waals surface area (Å²) in [6.07, 6.45) is -4.35. The second-order valence-corrected chi connectivity index (χ2v) is 5.41. The zero-order valence-corrected chi connectivity index (χ0v) is 12.9. The van der Waals surface area contributed by atoms with Crippen LogP contribution in [-0.4, -0.2) is 7.05 Å². The highest BCUT2D eigenvalue weighted by Crippen LogP contribution is 2.37. The van der Waals surface area contributed by atoms with Gasteiger partial charge in [-0.2, -0.15) is 13.2 Å². The molecule has 2 aromatic carbocycles. The second kappa shape index (κ2) is 6.07. The first-order valence-electron chi connectivity index (χ1n) is 6.23. The fourth-order valence-electron chi connectivity index (χ4n) is 2.10. The van der Waals surface area contributed by atoms with Gasteiger partial charge in [-0.3, -0.25) is 0 Å². The fourth-order valence-corrected chi connectivity index (χ4v) is 2.74. The van der Waals surface area contributed by atoms with Crippen molar-refractivity contribution in [2.45, 2.75) is 12.7 Å². The van der Waals surface area contributed by atoms with Crippen LogP contribution in [-0.2, 0) is 12.7 Å². The first-order valence-corrected chi connectivity index (χ1v) is 7.02. The van der Waals surface area contributed by atoms with E-state index in [1.165, 1.54) is 6.07 Å². The molecule has 112 valence electrons. The largest absolute Gasteiger partial charge is 0.416 e. The molecule has 6 heteroatoms. The Bertz CT molecular complexity index is 641. The third-order valence-electron chi connectivity index (χ3n) is 3.21. The van der Waals surface area contributed by atoms with E-state index in [9.17, 15) is 13.2 Å². The van der Waals surface area contributed by atoms with Crippen LogP contribution in [0.3, 0.4) is 0 Å². The number of rotatable bonds is 3. The molecule has 0 bridgehead atoms. The van der Waals surface area contributed by atoms with E-state index < -0.39 is 11.7 Å². The van der Waals surface area contributed by atoms with Gasteiger partial charge in [-0.15, -0.1) is 0 Å². The minimum atomic E-state index is -4.35. The highest BCUT2D eigenvalue weighted by molar-refractivity contribution is 9.10. The molecule has 0 radical (unpaired) electrons. The number of alkyl halides is 3. The van der Waals surface area contributed by atoms with Gasteiger partial charge in [0.1, 0.15) is 0 Å². The average Bonchev–Trinajstić information content (AvgIpc) is 2.45. The number of halogens is 4. The van der Waals surface area contributed by atoms with Crippen molar-refractivity contribution in [1.82, 2.24) is 0 Å². The van der Waals surface area contributed by atoms with E-state index in [0.717, 1.165) is 23.4 Å². The number of hydrogen-bond acceptors (Lipinski definition) is 2. The van der Waals surface area contributed by atoms with E-state index in [-0.39, 0.29) is 0 Å². The van der Waals surface area contributed by atoms with Crippen LogP contribution in [0, 0.1) is 0 Å². The lowest BCUT2D eigenvalue weighted by Gasteiger charge is -2.24. The summed E-state index contributed by atoms with van der Waals surface area (Å²) in [5, 5.41) is 0. The van der Waals surface area contributed by atoms with Gasteiger partial charge in [-0.05, 0) is 45.8 Å². The van der Waals surface area contributed by atoms with Crippen molar-refractivity contribution in [3.63, 3.8) is 0 Å². The van der Waals surface area contributed by atoms with Gasteiger partial charge in [0.05, 0.1) is 11.3 Å². The van der Waals surface area contributed by atoms with Crippen LogP contribution < -0.4 is 10.6 Å². The van der Waals surface area contributed by atoms with E-state index in [1.807, 2.05) is 29.2 Å². The predicted molar refractivity (Wildman–Crippen MR) is 81.5 cm³/mol. The monoisotopic (exact) mass is 358 g/mol. The van der Waals surface area contributed by atoms with Gasteiger partial charge in [0, 0.05) is 23.8 Å². The van der Waals surface area contributed by atoms with E-state index in [4.69, 9.17) is 5.73 Å². The smallest absolute Gasteiger partial charge is 0.343 e. The molecule has 2 aromatic rings. The minimum absolute atomic E-state index is 0.360. The number of nitrogens with two attached hydrogens (primary N) is 1. The SMILES string of the molecule is CN(c1ccc(C(F)(F)F)cc1Br)c1ccccc1CN. The first-order chi connectivity index (χ1) is 9.84. The van der Waals surface area contributed by atoms with E-state index in [2.05, 4.69) is 15.9 Å². The number of nitrogens with zero attached hydrogens (tertiary/aromatic N) is 1. The molecule has 0 spiro atoms. The van der Waals surface area contributed by atoms with Gasteiger partial charge >= 0.3 is 6.18 Å². The van der Waals surface area contributed by atoms with Crippen LogP contribution in [0.2, 0.25) is 0 Å². The van der Waals surface area contributed by atoms with Crippen LogP contribution in [0.4, 0.5) is 24.5 Å². The summed E-state index contributed by atoms with van der Waals surface area (Å²) < 4.78 is 38.5. The Hall–Kier alpha value is -1.53. The Morgan fingerprint density at radius 1 is 1.10 bits per heavy atom. The molecular weight excluding hydrogens is 345 g/mol. The number of hydrogen-bond donors (Lipinski definition) is 1. The highest BCUT2D eigenvalue weighted by Gasteiger charge is 2.31. The standard InChI is InChI=1S/C15H14BrF3N2/c1-21(13-5-3-2-4-10(13)9-20)14-7-6-11(8-12(14)16)15(17,18)19/h2-8H,9,20H2,1H3. The molecule has 0 aliphatic carbocycles. The summed E-state index contributed by atoms with van der Waals surface area (Å²) in [6.45, 7) is 0.360. The van der Waals surface area contributed by atoms with Gasteiger partial charge in [0.25, 0.3) is 0 Å². The second-order valence-electron chi connectivity index (χ2n) is 4.56. The Kier molecular flexibility index (Phi) is 4.58. The van der Waals surface area contributed by atoms with Crippen LogP contribution >= 0.6 is 15.9 Å². The van der Waals surface area contributed by atoms with Crippen molar-refractivity contribution in [3.8, 4) is 0 Å².